The number of benzene rings is 3. The molecule has 1 aliphatic heterocycles. The molecule has 0 radical (unpaired) electrons. The first-order chi connectivity index (χ1) is 12.7. The summed E-state index contributed by atoms with van der Waals surface area (Å²) < 4.78 is 0. The Morgan fingerprint density at radius 3 is 1.96 bits per heavy atom. The van der Waals surface area contributed by atoms with Crippen LogP contribution in [0.4, 0.5) is 0 Å². The van der Waals surface area contributed by atoms with E-state index < -0.39 is 0 Å². The quantitative estimate of drug-likeness (QED) is 0.656. The summed E-state index contributed by atoms with van der Waals surface area (Å²) in [5, 5.41) is 6.23. The summed E-state index contributed by atoms with van der Waals surface area (Å²) >= 11 is 0. The third-order valence-corrected chi connectivity index (χ3v) is 4.74. The number of hydrazone groups is 1. The molecule has 128 valence electrons. The number of nitrogens with zero attached hydrogens (tertiary/aromatic N) is 2. The van der Waals surface area contributed by atoms with E-state index in [9.17, 15) is 4.79 Å². The first-order valence-electron chi connectivity index (χ1n) is 8.80. The fraction of sp³-hybridized carbons (Fsp3) is 0.130. The Bertz CT molecular complexity index is 931. The minimum Gasteiger partial charge on any atom is -0.273 e. The molecule has 1 atom stereocenters. The summed E-state index contributed by atoms with van der Waals surface area (Å²) in [4.78, 5) is 12.1. The molecule has 0 saturated heterocycles. The standard InChI is InChI=1S/C23H20N2O/c1-17(26)25-23(21-10-6-3-7-11-21)16-22(24-25)20-14-12-19(13-15-20)18-8-4-2-5-9-18/h2-15,23H,16H2,1H3. The van der Waals surface area contributed by atoms with Gasteiger partial charge in [0.1, 0.15) is 0 Å². The van der Waals surface area contributed by atoms with Crippen molar-refractivity contribution in [1.82, 2.24) is 5.01 Å². The summed E-state index contributed by atoms with van der Waals surface area (Å²) in [5.74, 6) is -0.0326. The van der Waals surface area contributed by atoms with E-state index in [1.165, 1.54) is 11.1 Å². The van der Waals surface area contributed by atoms with Crippen LogP contribution in [0.2, 0.25) is 0 Å². The van der Waals surface area contributed by atoms with Gasteiger partial charge < -0.3 is 0 Å². The molecule has 1 heterocycles. The third kappa shape index (κ3) is 3.16. The third-order valence-electron chi connectivity index (χ3n) is 4.74. The molecule has 1 aliphatic rings. The first kappa shape index (κ1) is 16.3. The van der Waals surface area contributed by atoms with Gasteiger partial charge >= 0.3 is 0 Å². The molecule has 3 aromatic carbocycles. The average Bonchev–Trinajstić information content (AvgIpc) is 3.15. The predicted octanol–water partition coefficient (Wildman–Crippen LogP) is 5.05. The van der Waals surface area contributed by atoms with Gasteiger partial charge in [0.15, 0.2) is 0 Å². The average molecular weight is 340 g/mol. The molecule has 0 aliphatic carbocycles. The van der Waals surface area contributed by atoms with Crippen LogP contribution in [0, 0.1) is 0 Å². The van der Waals surface area contributed by atoms with Gasteiger partial charge in [0.2, 0.25) is 5.91 Å². The highest BCUT2D eigenvalue weighted by Gasteiger charge is 2.31. The van der Waals surface area contributed by atoms with Crippen molar-refractivity contribution in [3.05, 3.63) is 96.1 Å². The minimum absolute atomic E-state index is 0.0301. The number of hydrogen-bond donors (Lipinski definition) is 0. The second-order valence-corrected chi connectivity index (χ2v) is 6.48. The molecule has 3 heteroatoms. The molecule has 26 heavy (non-hydrogen) atoms. The second kappa shape index (κ2) is 6.96. The maximum absolute atomic E-state index is 12.1. The van der Waals surface area contributed by atoms with E-state index >= 15 is 0 Å². The number of hydrogen-bond acceptors (Lipinski definition) is 2. The van der Waals surface area contributed by atoms with Crippen molar-refractivity contribution >= 4 is 11.6 Å². The fourth-order valence-corrected chi connectivity index (χ4v) is 3.40. The lowest BCUT2D eigenvalue weighted by Crippen LogP contribution is -2.24. The summed E-state index contributed by atoms with van der Waals surface area (Å²) in [6.45, 7) is 1.57. The summed E-state index contributed by atoms with van der Waals surface area (Å²) in [6.07, 6.45) is 0.730. The topological polar surface area (TPSA) is 32.7 Å². The Balaban J connectivity index is 1.61. The first-order valence-corrected chi connectivity index (χ1v) is 8.80. The van der Waals surface area contributed by atoms with Gasteiger partial charge in [-0.3, -0.25) is 4.79 Å². The van der Waals surface area contributed by atoms with Gasteiger partial charge in [0.05, 0.1) is 11.8 Å². The van der Waals surface area contributed by atoms with Gasteiger partial charge in [-0.1, -0.05) is 84.9 Å². The van der Waals surface area contributed by atoms with Crippen molar-refractivity contribution in [3.8, 4) is 11.1 Å². The highest BCUT2D eigenvalue weighted by atomic mass is 16.2. The van der Waals surface area contributed by atoms with E-state index in [4.69, 9.17) is 0 Å². The predicted molar refractivity (Wildman–Crippen MR) is 105 cm³/mol. The molecular weight excluding hydrogens is 320 g/mol. The number of carbonyl (C=O) groups excluding carboxylic acids is 1. The van der Waals surface area contributed by atoms with Gasteiger partial charge in [-0.25, -0.2) is 5.01 Å². The SMILES string of the molecule is CC(=O)N1N=C(c2ccc(-c3ccccc3)cc2)CC1c1ccccc1. The number of carbonyl (C=O) groups is 1. The molecule has 0 N–H and O–H groups in total. The van der Waals surface area contributed by atoms with Crippen LogP contribution in [0.15, 0.2) is 90.0 Å². The monoisotopic (exact) mass is 340 g/mol. The molecule has 4 rings (SSSR count). The van der Waals surface area contributed by atoms with Gasteiger partial charge in [0, 0.05) is 13.3 Å². The summed E-state index contributed by atoms with van der Waals surface area (Å²) in [5.41, 5.74) is 5.50. The molecule has 1 unspecified atom stereocenters. The van der Waals surface area contributed by atoms with Crippen molar-refractivity contribution in [3.63, 3.8) is 0 Å². The highest BCUT2D eigenvalue weighted by molar-refractivity contribution is 6.03. The van der Waals surface area contributed by atoms with Crippen LogP contribution in [-0.4, -0.2) is 16.6 Å². The lowest BCUT2D eigenvalue weighted by molar-refractivity contribution is -0.130. The van der Waals surface area contributed by atoms with E-state index in [0.717, 1.165) is 23.3 Å². The van der Waals surface area contributed by atoms with Gasteiger partial charge in [-0.15, -0.1) is 0 Å². The van der Waals surface area contributed by atoms with Crippen LogP contribution in [-0.2, 0) is 4.79 Å². The second-order valence-electron chi connectivity index (χ2n) is 6.48. The molecule has 0 spiro atoms. The molecule has 1 amide bonds. The zero-order valence-corrected chi connectivity index (χ0v) is 14.7. The van der Waals surface area contributed by atoms with E-state index in [1.54, 1.807) is 11.9 Å². The summed E-state index contributed by atoms with van der Waals surface area (Å²) in [7, 11) is 0. The zero-order chi connectivity index (χ0) is 17.9. The molecule has 0 aromatic heterocycles. The normalized spacial score (nSPS) is 16.4. The van der Waals surface area contributed by atoms with Gasteiger partial charge in [-0.2, -0.15) is 5.10 Å². The van der Waals surface area contributed by atoms with Crippen molar-refractivity contribution < 1.29 is 4.79 Å². The smallest absolute Gasteiger partial charge is 0.240 e. The minimum atomic E-state index is -0.0326. The lowest BCUT2D eigenvalue weighted by Gasteiger charge is -2.20. The molecule has 3 aromatic rings. The van der Waals surface area contributed by atoms with Crippen molar-refractivity contribution in [2.75, 3.05) is 0 Å². The van der Waals surface area contributed by atoms with Crippen LogP contribution in [0.25, 0.3) is 11.1 Å². The Morgan fingerprint density at radius 2 is 1.35 bits per heavy atom. The van der Waals surface area contributed by atoms with Gasteiger partial charge in [-0.05, 0) is 22.3 Å². The summed E-state index contributed by atoms with van der Waals surface area (Å²) in [6, 6.07) is 28.8. The Labute approximate surface area is 153 Å². The maximum Gasteiger partial charge on any atom is 0.240 e. The zero-order valence-electron chi connectivity index (χ0n) is 14.7. The van der Waals surface area contributed by atoms with Crippen molar-refractivity contribution in [2.45, 2.75) is 19.4 Å². The molecule has 0 saturated carbocycles. The van der Waals surface area contributed by atoms with Crippen LogP contribution >= 0.6 is 0 Å². The Morgan fingerprint density at radius 1 is 0.808 bits per heavy atom. The van der Waals surface area contributed by atoms with Crippen molar-refractivity contribution in [1.29, 1.82) is 0 Å². The fourth-order valence-electron chi connectivity index (χ4n) is 3.40. The number of rotatable bonds is 3. The van der Waals surface area contributed by atoms with Crippen LogP contribution in [0.1, 0.15) is 30.5 Å². The van der Waals surface area contributed by atoms with E-state index in [2.05, 4.69) is 53.6 Å². The van der Waals surface area contributed by atoms with Crippen LogP contribution in [0.3, 0.4) is 0 Å². The van der Waals surface area contributed by atoms with Crippen molar-refractivity contribution in [2.24, 2.45) is 5.10 Å². The number of amides is 1. The largest absolute Gasteiger partial charge is 0.273 e. The van der Waals surface area contributed by atoms with E-state index in [0.29, 0.717) is 0 Å². The van der Waals surface area contributed by atoms with Crippen LogP contribution in [0.5, 0.6) is 0 Å². The highest BCUT2D eigenvalue weighted by Crippen LogP contribution is 2.33. The Hall–Kier alpha value is -3.20. The van der Waals surface area contributed by atoms with E-state index in [-0.39, 0.29) is 11.9 Å². The lowest BCUT2D eigenvalue weighted by atomic mass is 9.97. The molecular formula is C23H20N2O. The molecule has 3 nitrogen and oxygen atoms in total. The van der Waals surface area contributed by atoms with Gasteiger partial charge in [0.25, 0.3) is 0 Å². The molecule has 0 fully saturated rings. The molecule has 0 bridgehead atoms. The Kier molecular flexibility index (Phi) is 4.36. The van der Waals surface area contributed by atoms with E-state index in [1.807, 2.05) is 36.4 Å². The maximum atomic E-state index is 12.1. The van der Waals surface area contributed by atoms with Crippen LogP contribution < -0.4 is 0 Å².